The van der Waals surface area contributed by atoms with E-state index >= 15 is 0 Å². The Bertz CT molecular complexity index is 1510. The van der Waals surface area contributed by atoms with Gasteiger partial charge in [-0.25, -0.2) is 9.78 Å². The second kappa shape index (κ2) is 9.94. The number of piperazine rings is 1. The average Bonchev–Trinajstić information content (AvgIpc) is 3.29. The van der Waals surface area contributed by atoms with Crippen molar-refractivity contribution in [2.24, 2.45) is 0 Å². The molecule has 0 bridgehead atoms. The molecule has 37 heavy (non-hydrogen) atoms. The average molecular weight is 529 g/mol. The summed E-state index contributed by atoms with van der Waals surface area (Å²) >= 11 is 1.35. The zero-order valence-electron chi connectivity index (χ0n) is 19.8. The standard InChI is InChI=1S/C25H23F3N6O2S/c1-16-5-2-3-8-20(16)22-31-34-21(35)14-19(30-24(34)37-22)15-32-9-11-33(12-10-32)23(36)29-18-7-4-6-17(13-18)25(26,27)28/h2-8,13-14H,9-12,15H2,1H3,(H,29,36). The third-order valence-corrected chi connectivity index (χ3v) is 7.10. The molecule has 5 rings (SSSR count). The Morgan fingerprint density at radius 3 is 2.54 bits per heavy atom. The topological polar surface area (TPSA) is 82.8 Å². The minimum Gasteiger partial charge on any atom is -0.322 e. The van der Waals surface area contributed by atoms with Crippen LogP contribution in [0.4, 0.5) is 23.7 Å². The predicted octanol–water partition coefficient (Wildman–Crippen LogP) is 4.49. The van der Waals surface area contributed by atoms with Gasteiger partial charge in [0.25, 0.3) is 5.56 Å². The Balaban J connectivity index is 1.22. The minimum absolute atomic E-state index is 0.0925. The van der Waals surface area contributed by atoms with Crippen LogP contribution in [0.25, 0.3) is 15.5 Å². The first-order valence-corrected chi connectivity index (χ1v) is 12.4. The zero-order valence-corrected chi connectivity index (χ0v) is 20.6. The van der Waals surface area contributed by atoms with Crippen molar-refractivity contribution in [2.75, 3.05) is 31.5 Å². The van der Waals surface area contributed by atoms with Gasteiger partial charge in [0.05, 0.1) is 11.3 Å². The number of benzene rings is 2. The lowest BCUT2D eigenvalue weighted by atomic mass is 10.1. The number of hydrogen-bond donors (Lipinski definition) is 1. The number of rotatable bonds is 4. The van der Waals surface area contributed by atoms with Crippen LogP contribution in [0.1, 0.15) is 16.8 Å². The van der Waals surface area contributed by atoms with Crippen molar-refractivity contribution < 1.29 is 18.0 Å². The monoisotopic (exact) mass is 528 g/mol. The number of aryl methyl sites for hydroxylation is 1. The summed E-state index contributed by atoms with van der Waals surface area (Å²) in [6.07, 6.45) is -4.48. The van der Waals surface area contributed by atoms with Gasteiger partial charge in [0.2, 0.25) is 4.96 Å². The number of amides is 2. The summed E-state index contributed by atoms with van der Waals surface area (Å²) in [7, 11) is 0. The first-order chi connectivity index (χ1) is 17.7. The van der Waals surface area contributed by atoms with Crippen LogP contribution in [0.3, 0.4) is 0 Å². The maximum Gasteiger partial charge on any atom is 0.416 e. The number of fused-ring (bicyclic) bond motifs is 1. The molecule has 4 aromatic rings. The molecule has 1 aliphatic rings. The molecule has 192 valence electrons. The first-order valence-electron chi connectivity index (χ1n) is 11.6. The third-order valence-electron chi connectivity index (χ3n) is 6.16. The number of nitrogens with one attached hydrogen (secondary N) is 1. The van der Waals surface area contributed by atoms with Crippen molar-refractivity contribution in [2.45, 2.75) is 19.6 Å². The Hall–Kier alpha value is -3.77. The van der Waals surface area contributed by atoms with Gasteiger partial charge >= 0.3 is 12.2 Å². The van der Waals surface area contributed by atoms with Crippen molar-refractivity contribution in [1.29, 1.82) is 0 Å². The molecule has 8 nitrogen and oxygen atoms in total. The largest absolute Gasteiger partial charge is 0.416 e. The van der Waals surface area contributed by atoms with E-state index in [0.717, 1.165) is 28.3 Å². The lowest BCUT2D eigenvalue weighted by molar-refractivity contribution is -0.137. The minimum atomic E-state index is -4.48. The fourth-order valence-electron chi connectivity index (χ4n) is 4.17. The summed E-state index contributed by atoms with van der Waals surface area (Å²) in [4.78, 5) is 34.1. The van der Waals surface area contributed by atoms with Crippen LogP contribution >= 0.6 is 11.3 Å². The molecule has 12 heteroatoms. The van der Waals surface area contributed by atoms with E-state index in [9.17, 15) is 22.8 Å². The molecular weight excluding hydrogens is 505 g/mol. The quantitative estimate of drug-likeness (QED) is 0.422. The highest BCUT2D eigenvalue weighted by molar-refractivity contribution is 7.19. The SMILES string of the molecule is Cc1ccccc1-c1nn2c(=O)cc(CN3CCN(C(=O)Nc4cccc(C(F)(F)F)c4)CC3)nc2s1. The van der Waals surface area contributed by atoms with Crippen molar-refractivity contribution in [1.82, 2.24) is 24.4 Å². The molecule has 0 saturated carbocycles. The number of alkyl halides is 3. The van der Waals surface area contributed by atoms with E-state index in [1.54, 1.807) is 4.90 Å². The number of anilines is 1. The van der Waals surface area contributed by atoms with Gasteiger partial charge in [0.15, 0.2) is 0 Å². The van der Waals surface area contributed by atoms with Crippen LogP contribution in [0.5, 0.6) is 0 Å². The predicted molar refractivity (Wildman–Crippen MR) is 135 cm³/mol. The summed E-state index contributed by atoms with van der Waals surface area (Å²) in [6, 6.07) is 13.4. The molecule has 1 aliphatic heterocycles. The molecule has 3 heterocycles. The number of hydrogen-bond acceptors (Lipinski definition) is 6. The molecule has 1 N–H and O–H groups in total. The molecule has 0 aliphatic carbocycles. The number of aromatic nitrogens is 3. The Kier molecular flexibility index (Phi) is 6.69. The summed E-state index contributed by atoms with van der Waals surface area (Å²) in [5, 5.41) is 7.71. The van der Waals surface area contributed by atoms with E-state index in [4.69, 9.17) is 0 Å². The van der Waals surface area contributed by atoms with Crippen LogP contribution in [-0.4, -0.2) is 56.6 Å². The van der Waals surface area contributed by atoms with E-state index in [2.05, 4.69) is 20.3 Å². The maximum absolute atomic E-state index is 12.9. The summed E-state index contributed by atoms with van der Waals surface area (Å²) in [6.45, 7) is 4.28. The van der Waals surface area contributed by atoms with Gasteiger partial charge in [-0.2, -0.15) is 22.8 Å². The zero-order chi connectivity index (χ0) is 26.2. The lowest BCUT2D eigenvalue weighted by Gasteiger charge is -2.34. The Labute approximate surface area is 214 Å². The number of carbonyl (C=O) groups excluding carboxylic acids is 1. The molecule has 2 aromatic heterocycles. The maximum atomic E-state index is 12.9. The fourth-order valence-corrected chi connectivity index (χ4v) is 5.19. The van der Waals surface area contributed by atoms with E-state index in [0.29, 0.717) is 43.4 Å². The lowest BCUT2D eigenvalue weighted by Crippen LogP contribution is -2.49. The molecule has 2 aromatic carbocycles. The van der Waals surface area contributed by atoms with Crippen molar-refractivity contribution in [3.63, 3.8) is 0 Å². The van der Waals surface area contributed by atoms with Gasteiger partial charge in [-0.05, 0) is 30.7 Å². The van der Waals surface area contributed by atoms with Crippen LogP contribution < -0.4 is 10.9 Å². The number of nitrogens with zero attached hydrogens (tertiary/aromatic N) is 5. The van der Waals surface area contributed by atoms with Gasteiger partial charge in [-0.3, -0.25) is 9.69 Å². The highest BCUT2D eigenvalue weighted by Gasteiger charge is 2.31. The van der Waals surface area contributed by atoms with Crippen LogP contribution in [-0.2, 0) is 12.7 Å². The van der Waals surface area contributed by atoms with Crippen LogP contribution in [0.15, 0.2) is 59.4 Å². The number of carbonyl (C=O) groups is 1. The highest BCUT2D eigenvalue weighted by Crippen LogP contribution is 2.31. The molecule has 1 saturated heterocycles. The molecule has 0 spiro atoms. The summed E-state index contributed by atoms with van der Waals surface area (Å²) in [5.74, 6) is 0. The molecule has 0 atom stereocenters. The van der Waals surface area contributed by atoms with Gasteiger partial charge in [-0.1, -0.05) is 41.7 Å². The van der Waals surface area contributed by atoms with E-state index in [1.165, 1.54) is 34.1 Å². The van der Waals surface area contributed by atoms with Crippen molar-refractivity contribution >= 4 is 28.0 Å². The van der Waals surface area contributed by atoms with Crippen LogP contribution in [0, 0.1) is 6.92 Å². The van der Waals surface area contributed by atoms with Gasteiger partial charge in [-0.15, -0.1) is 0 Å². The number of halogens is 3. The van der Waals surface area contributed by atoms with Gasteiger partial charge < -0.3 is 10.2 Å². The summed E-state index contributed by atoms with van der Waals surface area (Å²) < 4.78 is 40.1. The molecular formula is C25H23F3N6O2S. The van der Waals surface area contributed by atoms with Gasteiger partial charge in [0.1, 0.15) is 5.01 Å². The molecule has 2 amide bonds. The molecule has 0 radical (unpaired) electrons. The van der Waals surface area contributed by atoms with Crippen molar-refractivity contribution in [3.8, 4) is 10.6 Å². The molecule has 0 unspecified atom stereocenters. The van der Waals surface area contributed by atoms with Gasteiger partial charge in [0, 0.05) is 50.0 Å². The second-order valence-corrected chi connectivity index (χ2v) is 9.73. The fraction of sp³-hybridized carbons (Fsp3) is 0.280. The first kappa shape index (κ1) is 24.9. The van der Waals surface area contributed by atoms with E-state index in [1.807, 2.05) is 31.2 Å². The Morgan fingerprint density at radius 1 is 1.05 bits per heavy atom. The van der Waals surface area contributed by atoms with E-state index < -0.39 is 17.8 Å². The normalized spacial score (nSPS) is 14.8. The van der Waals surface area contributed by atoms with E-state index in [-0.39, 0.29) is 11.2 Å². The summed E-state index contributed by atoms with van der Waals surface area (Å²) in [5.41, 5.74) is 1.66. The van der Waals surface area contributed by atoms with Crippen molar-refractivity contribution in [3.05, 3.63) is 81.8 Å². The third kappa shape index (κ3) is 5.49. The van der Waals surface area contributed by atoms with Crippen LogP contribution in [0.2, 0.25) is 0 Å². The number of urea groups is 1. The smallest absolute Gasteiger partial charge is 0.322 e. The molecule has 1 fully saturated rings. The Morgan fingerprint density at radius 2 is 1.81 bits per heavy atom. The highest BCUT2D eigenvalue weighted by atomic mass is 32.1. The second-order valence-electron chi connectivity index (χ2n) is 8.77.